The highest BCUT2D eigenvalue weighted by Gasteiger charge is 2.14. The smallest absolute Gasteiger partial charge is 0.293 e. The van der Waals surface area contributed by atoms with Gasteiger partial charge in [0.25, 0.3) is 5.91 Å². The predicted octanol–water partition coefficient (Wildman–Crippen LogP) is 4.78. The third-order valence-corrected chi connectivity index (χ3v) is 3.96. The minimum absolute atomic E-state index is 0.0168. The van der Waals surface area contributed by atoms with E-state index in [2.05, 4.69) is 51.0 Å². The van der Waals surface area contributed by atoms with Gasteiger partial charge >= 0.3 is 0 Å². The number of carbonyl (C=O) groups excluding carboxylic acids is 1. The molecule has 0 unspecified atom stereocenters. The number of nitrogens with one attached hydrogen (secondary N) is 2. The van der Waals surface area contributed by atoms with Gasteiger partial charge in [0, 0.05) is 24.2 Å². The van der Waals surface area contributed by atoms with Crippen molar-refractivity contribution in [3.05, 3.63) is 72.1 Å². The first-order valence-corrected chi connectivity index (χ1v) is 10.6. The van der Waals surface area contributed by atoms with E-state index in [9.17, 15) is 4.79 Å². The molecule has 7 nitrogen and oxygen atoms in total. The van der Waals surface area contributed by atoms with E-state index in [-0.39, 0.29) is 11.5 Å². The summed E-state index contributed by atoms with van der Waals surface area (Å²) >= 11 is 1.49. The number of hydrogen-bond donors (Lipinski definition) is 3. The zero-order valence-corrected chi connectivity index (χ0v) is 18.5. The Balaban J connectivity index is 0.000000418. The van der Waals surface area contributed by atoms with E-state index in [0.29, 0.717) is 5.69 Å². The fraction of sp³-hybridized carbons (Fsp3) is 0.182. The summed E-state index contributed by atoms with van der Waals surface area (Å²) in [6.45, 7) is 9.27. The van der Waals surface area contributed by atoms with Gasteiger partial charge in [0.2, 0.25) is 0 Å². The van der Waals surface area contributed by atoms with Gasteiger partial charge in [0.15, 0.2) is 11.5 Å². The minimum Gasteiger partial charge on any atom is -0.382 e. The van der Waals surface area contributed by atoms with Crippen LogP contribution in [0.4, 0.5) is 11.5 Å². The lowest BCUT2D eigenvalue weighted by molar-refractivity contribution is 0.0951. The molecule has 30 heavy (non-hydrogen) atoms. The maximum absolute atomic E-state index is 11.8. The van der Waals surface area contributed by atoms with E-state index < -0.39 is 5.91 Å². The van der Waals surface area contributed by atoms with Crippen LogP contribution in [0.25, 0.3) is 11.3 Å². The zero-order chi connectivity index (χ0) is 22.4. The number of rotatable bonds is 5. The Morgan fingerprint density at radius 1 is 1.13 bits per heavy atom. The summed E-state index contributed by atoms with van der Waals surface area (Å²) in [6.07, 6.45) is 3.45. The number of amides is 1. The van der Waals surface area contributed by atoms with Gasteiger partial charge in [-0.2, -0.15) is 5.10 Å². The third-order valence-electron chi connectivity index (χ3n) is 3.52. The van der Waals surface area contributed by atoms with Crippen LogP contribution in [0.15, 0.2) is 65.9 Å². The Kier molecular flexibility index (Phi) is 11.3. The average Bonchev–Trinajstić information content (AvgIpc) is 2.77. The van der Waals surface area contributed by atoms with Crippen molar-refractivity contribution >= 4 is 36.1 Å². The lowest BCUT2D eigenvalue weighted by atomic mass is 10.1. The lowest BCUT2D eigenvalue weighted by Crippen LogP contribution is -2.20. The third kappa shape index (κ3) is 7.92. The molecule has 0 bridgehead atoms. The fourth-order valence-corrected chi connectivity index (χ4v) is 2.59. The molecule has 2 aromatic carbocycles. The number of nitrogens with zero attached hydrogens (tertiary/aromatic N) is 3. The Morgan fingerprint density at radius 2 is 1.83 bits per heavy atom. The summed E-state index contributed by atoms with van der Waals surface area (Å²) in [5, 5.41) is 3.31. The molecule has 0 saturated heterocycles. The second-order valence-electron chi connectivity index (χ2n) is 5.63. The summed E-state index contributed by atoms with van der Waals surface area (Å²) in [5.41, 5.74) is 11.5. The fourth-order valence-electron chi connectivity index (χ4n) is 2.22. The maximum atomic E-state index is 11.8. The van der Waals surface area contributed by atoms with Crippen LogP contribution in [0.5, 0.6) is 0 Å². The van der Waals surface area contributed by atoms with Crippen molar-refractivity contribution in [3.63, 3.8) is 0 Å². The van der Waals surface area contributed by atoms with Gasteiger partial charge in [0.05, 0.1) is 11.9 Å². The highest BCUT2D eigenvalue weighted by Crippen LogP contribution is 2.23. The molecule has 4 N–H and O–H groups in total. The highest BCUT2D eigenvalue weighted by atomic mass is 32.2. The molecule has 8 heteroatoms. The minimum atomic E-state index is -0.546. The van der Waals surface area contributed by atoms with Crippen LogP contribution in [0.2, 0.25) is 0 Å². The number of nitrogens with two attached hydrogens (primary N) is 1. The highest BCUT2D eigenvalue weighted by molar-refractivity contribution is 7.99. The van der Waals surface area contributed by atoms with Crippen LogP contribution >= 0.6 is 11.9 Å². The van der Waals surface area contributed by atoms with E-state index in [0.717, 1.165) is 11.3 Å². The number of hydrogen-bond acceptors (Lipinski definition) is 7. The molecule has 3 rings (SSSR count). The second-order valence-corrected chi connectivity index (χ2v) is 6.24. The zero-order valence-electron chi connectivity index (χ0n) is 17.7. The molecular weight excluding hydrogens is 396 g/mol. The normalized spacial score (nSPS) is 9.20. The standard InChI is InChI=1S/C13H14N6OS.C7H8.C2H6/c1-15-18-13(20)11-12(14)16-7-10(17-11)8-4-3-5-9(6-8)19-21-2;1-7-5-3-2-4-6-7;1-2/h3-7,19H,1H2,2H3,(H2,14,16)(H,18,20);2-6H,1H3;1-2H3. The van der Waals surface area contributed by atoms with Crippen LogP contribution in [0, 0.1) is 6.92 Å². The first-order valence-electron chi connectivity index (χ1n) is 9.34. The molecule has 0 aliphatic heterocycles. The second kappa shape index (κ2) is 13.7. The van der Waals surface area contributed by atoms with Crippen LogP contribution in [0.3, 0.4) is 0 Å². The number of hydrazone groups is 1. The van der Waals surface area contributed by atoms with Gasteiger partial charge in [-0.25, -0.2) is 15.4 Å². The summed E-state index contributed by atoms with van der Waals surface area (Å²) < 4.78 is 3.13. The van der Waals surface area contributed by atoms with Crippen molar-refractivity contribution in [2.75, 3.05) is 16.7 Å². The summed E-state index contributed by atoms with van der Waals surface area (Å²) in [7, 11) is 0. The van der Waals surface area contributed by atoms with Crippen molar-refractivity contribution in [2.45, 2.75) is 20.8 Å². The Morgan fingerprint density at radius 3 is 2.40 bits per heavy atom. The molecule has 1 heterocycles. The molecule has 0 fully saturated rings. The molecule has 1 aromatic heterocycles. The van der Waals surface area contributed by atoms with Crippen LogP contribution < -0.4 is 15.9 Å². The van der Waals surface area contributed by atoms with Crippen molar-refractivity contribution in [1.82, 2.24) is 15.4 Å². The Bertz CT molecular complexity index is 934. The van der Waals surface area contributed by atoms with E-state index in [1.165, 1.54) is 23.7 Å². The van der Waals surface area contributed by atoms with Gasteiger partial charge in [-0.05, 0) is 19.1 Å². The van der Waals surface area contributed by atoms with Gasteiger partial charge in [-0.15, -0.1) is 0 Å². The number of aryl methyl sites for hydroxylation is 1. The first-order chi connectivity index (χ1) is 14.5. The predicted molar refractivity (Wildman–Crippen MR) is 129 cm³/mol. The first kappa shape index (κ1) is 24.6. The largest absolute Gasteiger partial charge is 0.382 e. The number of aromatic nitrogens is 2. The van der Waals surface area contributed by atoms with Crippen LogP contribution in [0.1, 0.15) is 29.9 Å². The molecule has 0 aliphatic rings. The molecular formula is C22H28N6OS. The monoisotopic (exact) mass is 424 g/mol. The molecule has 0 spiro atoms. The summed E-state index contributed by atoms with van der Waals surface area (Å²) in [5.74, 6) is -0.506. The number of anilines is 2. The molecule has 0 radical (unpaired) electrons. The Hall–Kier alpha value is -3.39. The quantitative estimate of drug-likeness (QED) is 0.309. The SMILES string of the molecule is C=NNC(=O)c1nc(-c2cccc(NSC)c2)cnc1N.CC.Cc1ccccc1. The van der Waals surface area contributed by atoms with Crippen molar-refractivity contribution in [1.29, 1.82) is 0 Å². The lowest BCUT2D eigenvalue weighted by Gasteiger charge is -2.08. The van der Waals surface area contributed by atoms with Gasteiger partial charge in [-0.3, -0.25) is 4.79 Å². The summed E-state index contributed by atoms with van der Waals surface area (Å²) in [4.78, 5) is 20.0. The van der Waals surface area contributed by atoms with Crippen molar-refractivity contribution < 1.29 is 4.79 Å². The number of benzene rings is 2. The topological polar surface area (TPSA) is 105 Å². The molecule has 158 valence electrons. The Labute approximate surface area is 182 Å². The number of carbonyl (C=O) groups is 1. The maximum Gasteiger partial charge on any atom is 0.293 e. The van der Waals surface area contributed by atoms with Crippen molar-refractivity contribution in [2.24, 2.45) is 5.10 Å². The van der Waals surface area contributed by atoms with Crippen molar-refractivity contribution in [3.8, 4) is 11.3 Å². The van der Waals surface area contributed by atoms with E-state index in [1.807, 2.05) is 62.6 Å². The molecule has 3 aromatic rings. The average molecular weight is 425 g/mol. The molecule has 0 saturated carbocycles. The van der Waals surface area contributed by atoms with E-state index in [1.54, 1.807) is 0 Å². The van der Waals surface area contributed by atoms with Gasteiger partial charge in [0.1, 0.15) is 0 Å². The summed E-state index contributed by atoms with van der Waals surface area (Å²) in [6, 6.07) is 17.9. The van der Waals surface area contributed by atoms with Crippen LogP contribution in [-0.2, 0) is 0 Å². The molecule has 1 amide bonds. The molecule has 0 aliphatic carbocycles. The van der Waals surface area contributed by atoms with E-state index >= 15 is 0 Å². The number of nitrogen functional groups attached to an aromatic ring is 1. The van der Waals surface area contributed by atoms with Gasteiger partial charge < -0.3 is 10.5 Å². The molecule has 0 atom stereocenters. The van der Waals surface area contributed by atoms with Gasteiger partial charge in [-0.1, -0.05) is 73.8 Å². The van der Waals surface area contributed by atoms with Crippen LogP contribution in [-0.4, -0.2) is 28.8 Å². The van der Waals surface area contributed by atoms with E-state index in [4.69, 9.17) is 5.73 Å².